The van der Waals surface area contributed by atoms with Crippen LogP contribution in [0.2, 0.25) is 0 Å². The van der Waals surface area contributed by atoms with Crippen LogP contribution in [0.5, 0.6) is 0 Å². The highest BCUT2D eigenvalue weighted by Crippen LogP contribution is 2.27. The summed E-state index contributed by atoms with van der Waals surface area (Å²) in [5, 5.41) is 0. The van der Waals surface area contributed by atoms with Gasteiger partial charge < -0.3 is 0 Å². The first-order chi connectivity index (χ1) is 10.3. The van der Waals surface area contributed by atoms with Crippen molar-refractivity contribution in [3.05, 3.63) is 47.0 Å². The number of benzene rings is 1. The van der Waals surface area contributed by atoms with Crippen molar-refractivity contribution in [3.8, 4) is 11.8 Å². The van der Waals surface area contributed by atoms with E-state index in [1.807, 2.05) is 0 Å². The average Bonchev–Trinajstić information content (AvgIpc) is 2.53. The highest BCUT2D eigenvalue weighted by atomic mass is 14.2. The molecule has 0 heterocycles. The van der Waals surface area contributed by atoms with Gasteiger partial charge in [0.15, 0.2) is 0 Å². The maximum absolute atomic E-state index is 3.38. The second kappa shape index (κ2) is 8.73. The molecule has 1 aromatic carbocycles. The molecule has 1 unspecified atom stereocenters. The van der Waals surface area contributed by atoms with Gasteiger partial charge in [0.05, 0.1) is 0 Å². The molecular weight excluding hydrogens is 252 g/mol. The van der Waals surface area contributed by atoms with Crippen LogP contribution in [-0.2, 0) is 6.42 Å². The number of aryl methyl sites for hydroxylation is 1. The van der Waals surface area contributed by atoms with Crippen molar-refractivity contribution >= 4 is 0 Å². The molecule has 1 aliphatic rings. The molecule has 0 saturated heterocycles. The first-order valence-corrected chi connectivity index (χ1v) is 8.61. The number of unbranched alkanes of at least 4 members (excludes halogenated alkanes) is 1. The van der Waals surface area contributed by atoms with E-state index in [9.17, 15) is 0 Å². The normalized spacial score (nSPS) is 17.8. The Morgan fingerprint density at radius 1 is 1.05 bits per heavy atom. The van der Waals surface area contributed by atoms with Gasteiger partial charge in [-0.3, -0.25) is 0 Å². The van der Waals surface area contributed by atoms with E-state index in [1.54, 1.807) is 0 Å². The Morgan fingerprint density at radius 2 is 1.86 bits per heavy atom. The number of allylic oxidation sites excluding steroid dienone is 2. The largest absolute Gasteiger partial charge is 0.0726 e. The minimum Gasteiger partial charge on any atom is -0.0726 e. The second-order valence-corrected chi connectivity index (χ2v) is 6.21. The van der Waals surface area contributed by atoms with Crippen molar-refractivity contribution in [2.45, 2.75) is 65.2 Å². The van der Waals surface area contributed by atoms with Crippen LogP contribution < -0.4 is 0 Å². The molecule has 0 bridgehead atoms. The Balaban J connectivity index is 1.89. The van der Waals surface area contributed by atoms with Gasteiger partial charge in [0, 0.05) is 5.56 Å². The highest BCUT2D eigenvalue weighted by Gasteiger charge is 2.12. The predicted molar refractivity (Wildman–Crippen MR) is 92.3 cm³/mol. The van der Waals surface area contributed by atoms with Gasteiger partial charge in [0.2, 0.25) is 0 Å². The first-order valence-electron chi connectivity index (χ1n) is 8.61. The van der Waals surface area contributed by atoms with Crippen molar-refractivity contribution in [3.63, 3.8) is 0 Å². The van der Waals surface area contributed by atoms with Gasteiger partial charge in [0.25, 0.3) is 0 Å². The second-order valence-electron chi connectivity index (χ2n) is 6.21. The van der Waals surface area contributed by atoms with E-state index in [-0.39, 0.29) is 0 Å². The first kappa shape index (κ1) is 15.9. The van der Waals surface area contributed by atoms with E-state index in [1.165, 1.54) is 56.1 Å². The van der Waals surface area contributed by atoms with Crippen LogP contribution in [0, 0.1) is 17.8 Å². The van der Waals surface area contributed by atoms with Crippen LogP contribution in [0.25, 0.3) is 0 Å². The third kappa shape index (κ3) is 5.43. The zero-order chi connectivity index (χ0) is 14.9. The van der Waals surface area contributed by atoms with Gasteiger partial charge in [0.1, 0.15) is 0 Å². The topological polar surface area (TPSA) is 0 Å². The van der Waals surface area contributed by atoms with Crippen molar-refractivity contribution in [1.82, 2.24) is 0 Å². The van der Waals surface area contributed by atoms with Gasteiger partial charge in [-0.15, -0.1) is 0 Å². The summed E-state index contributed by atoms with van der Waals surface area (Å²) in [5.41, 5.74) is 3.91. The van der Waals surface area contributed by atoms with Crippen LogP contribution in [0.15, 0.2) is 35.9 Å². The lowest BCUT2D eigenvalue weighted by Gasteiger charge is -2.19. The number of rotatable bonds is 5. The van der Waals surface area contributed by atoms with E-state index >= 15 is 0 Å². The van der Waals surface area contributed by atoms with E-state index in [2.05, 4.69) is 56.0 Å². The highest BCUT2D eigenvalue weighted by molar-refractivity contribution is 5.42. The smallest absolute Gasteiger partial charge is 0.0249 e. The van der Waals surface area contributed by atoms with Crippen molar-refractivity contribution < 1.29 is 0 Å². The summed E-state index contributed by atoms with van der Waals surface area (Å²) in [5.74, 6) is 7.61. The fourth-order valence-electron chi connectivity index (χ4n) is 2.95. The van der Waals surface area contributed by atoms with Crippen molar-refractivity contribution in [2.75, 3.05) is 0 Å². The minimum atomic E-state index is 0.906. The Labute approximate surface area is 130 Å². The van der Waals surface area contributed by atoms with Gasteiger partial charge in [-0.1, -0.05) is 69.6 Å². The molecule has 0 N–H and O–H groups in total. The molecule has 0 spiro atoms. The SMILES string of the molecule is CCCCC1CC=C(C#Cc2ccc(CCC)cc2)CC1. The molecule has 0 radical (unpaired) electrons. The van der Waals surface area contributed by atoms with Crippen molar-refractivity contribution in [1.29, 1.82) is 0 Å². The lowest BCUT2D eigenvalue weighted by atomic mass is 9.86. The van der Waals surface area contributed by atoms with Crippen molar-refractivity contribution in [2.24, 2.45) is 5.92 Å². The van der Waals surface area contributed by atoms with Gasteiger partial charge in [-0.05, 0) is 54.9 Å². The lowest BCUT2D eigenvalue weighted by Crippen LogP contribution is -2.05. The van der Waals surface area contributed by atoms with E-state index in [4.69, 9.17) is 0 Å². The summed E-state index contributed by atoms with van der Waals surface area (Å²) in [7, 11) is 0. The molecule has 0 heteroatoms. The third-order valence-electron chi connectivity index (χ3n) is 4.35. The van der Waals surface area contributed by atoms with Crippen LogP contribution in [0.4, 0.5) is 0 Å². The molecule has 0 amide bonds. The third-order valence-corrected chi connectivity index (χ3v) is 4.35. The molecular formula is C21H28. The van der Waals surface area contributed by atoms with E-state index < -0.39 is 0 Å². The quantitative estimate of drug-likeness (QED) is 0.588. The molecule has 1 aromatic rings. The molecule has 1 aliphatic carbocycles. The molecule has 0 aromatic heterocycles. The Kier molecular flexibility index (Phi) is 6.61. The van der Waals surface area contributed by atoms with Gasteiger partial charge in [-0.2, -0.15) is 0 Å². The number of hydrogen-bond acceptors (Lipinski definition) is 0. The summed E-state index contributed by atoms with van der Waals surface area (Å²) in [6, 6.07) is 8.74. The zero-order valence-electron chi connectivity index (χ0n) is 13.6. The van der Waals surface area contributed by atoms with Crippen LogP contribution in [-0.4, -0.2) is 0 Å². The van der Waals surface area contributed by atoms with Gasteiger partial charge >= 0.3 is 0 Å². The summed E-state index contributed by atoms with van der Waals surface area (Å²) >= 11 is 0. The molecule has 1 atom stereocenters. The maximum Gasteiger partial charge on any atom is 0.0249 e. The summed E-state index contributed by atoms with van der Waals surface area (Å²) in [4.78, 5) is 0. The fourth-order valence-corrected chi connectivity index (χ4v) is 2.95. The lowest BCUT2D eigenvalue weighted by molar-refractivity contribution is 0.425. The fraction of sp³-hybridized carbons (Fsp3) is 0.524. The summed E-state index contributed by atoms with van der Waals surface area (Å²) in [6.07, 6.45) is 12.6. The maximum atomic E-state index is 3.38. The molecule has 21 heavy (non-hydrogen) atoms. The van der Waals surface area contributed by atoms with Gasteiger partial charge in [-0.25, -0.2) is 0 Å². The number of hydrogen-bond donors (Lipinski definition) is 0. The van der Waals surface area contributed by atoms with Crippen LogP contribution in [0.1, 0.15) is 69.9 Å². The molecule has 0 fully saturated rings. The van der Waals surface area contributed by atoms with E-state index in [0.717, 1.165) is 17.9 Å². The summed E-state index contributed by atoms with van der Waals surface area (Å²) in [6.45, 7) is 4.50. The standard InChI is InChI=1S/C21H28/c1-3-5-7-19-10-14-21(15-11-19)17-16-20-12-8-18(6-4-2)9-13-20/h8-9,12-14,19H,3-7,10-11,15H2,1-2H3. The minimum absolute atomic E-state index is 0.906. The Morgan fingerprint density at radius 3 is 2.48 bits per heavy atom. The van der Waals surface area contributed by atoms with E-state index in [0.29, 0.717) is 0 Å². The predicted octanol–water partition coefficient (Wildman–Crippen LogP) is 5.91. The molecule has 2 rings (SSSR count). The zero-order valence-corrected chi connectivity index (χ0v) is 13.6. The monoisotopic (exact) mass is 280 g/mol. The average molecular weight is 280 g/mol. The molecule has 0 saturated carbocycles. The Hall–Kier alpha value is -1.48. The molecule has 0 nitrogen and oxygen atoms in total. The Bertz CT molecular complexity index is 507. The summed E-state index contributed by atoms with van der Waals surface area (Å²) < 4.78 is 0. The van der Waals surface area contributed by atoms with Crippen LogP contribution in [0.3, 0.4) is 0 Å². The van der Waals surface area contributed by atoms with Crippen LogP contribution >= 0.6 is 0 Å². The molecule has 0 aliphatic heterocycles. The molecule has 112 valence electrons.